The van der Waals surface area contributed by atoms with Gasteiger partial charge in [0, 0.05) is 26.7 Å². The molecule has 6 nitrogen and oxygen atoms in total. The van der Waals surface area contributed by atoms with Crippen molar-refractivity contribution in [2.75, 3.05) is 27.4 Å². The first-order chi connectivity index (χ1) is 9.27. The van der Waals surface area contributed by atoms with Crippen LogP contribution >= 0.6 is 0 Å². The minimum Gasteiger partial charge on any atom is -0.467 e. The van der Waals surface area contributed by atoms with E-state index in [4.69, 9.17) is 14.2 Å². The number of amides is 1. The number of carbonyl (C=O) groups excluding carboxylic acids is 2. The molecule has 1 heterocycles. The topological polar surface area (TPSA) is 65.1 Å². The van der Waals surface area contributed by atoms with E-state index in [1.165, 1.54) is 12.0 Å². The molecule has 6 heteroatoms. The Morgan fingerprint density at radius 3 is 2.40 bits per heavy atom. The highest BCUT2D eigenvalue weighted by Gasteiger charge is 2.51. The maximum Gasteiger partial charge on any atom is 0.411 e. The van der Waals surface area contributed by atoms with Gasteiger partial charge in [-0.25, -0.2) is 9.59 Å². The average molecular weight is 287 g/mol. The summed E-state index contributed by atoms with van der Waals surface area (Å²) in [7, 11) is 2.90. The summed E-state index contributed by atoms with van der Waals surface area (Å²) in [5.74, 6) is -0.405. The Morgan fingerprint density at radius 2 is 1.90 bits per heavy atom. The van der Waals surface area contributed by atoms with Gasteiger partial charge in [-0.2, -0.15) is 0 Å². The van der Waals surface area contributed by atoms with Crippen LogP contribution in [0.5, 0.6) is 0 Å². The quantitative estimate of drug-likeness (QED) is 0.740. The van der Waals surface area contributed by atoms with Gasteiger partial charge in [0.15, 0.2) is 0 Å². The predicted octanol–water partition coefficient (Wildman–Crippen LogP) is 1.97. The molecule has 0 aromatic heterocycles. The molecule has 1 unspecified atom stereocenters. The number of hydrogen-bond acceptors (Lipinski definition) is 5. The zero-order valence-electron chi connectivity index (χ0n) is 13.0. The van der Waals surface area contributed by atoms with Crippen molar-refractivity contribution >= 4 is 12.1 Å². The molecule has 20 heavy (non-hydrogen) atoms. The fourth-order valence-electron chi connectivity index (χ4n) is 2.50. The summed E-state index contributed by atoms with van der Waals surface area (Å²) in [6.45, 7) is 6.28. The molecule has 0 spiro atoms. The van der Waals surface area contributed by atoms with E-state index in [-0.39, 0.29) is 0 Å². The van der Waals surface area contributed by atoms with Gasteiger partial charge in [0.2, 0.25) is 0 Å². The van der Waals surface area contributed by atoms with Crippen LogP contribution < -0.4 is 0 Å². The van der Waals surface area contributed by atoms with Crippen LogP contribution in [0.3, 0.4) is 0 Å². The molecule has 1 aliphatic heterocycles. The first-order valence-electron chi connectivity index (χ1n) is 6.85. The Kier molecular flexibility index (Phi) is 5.39. The maximum absolute atomic E-state index is 12.3. The Labute approximate surface area is 120 Å². The molecule has 1 saturated heterocycles. The Morgan fingerprint density at radius 1 is 1.25 bits per heavy atom. The van der Waals surface area contributed by atoms with E-state index in [9.17, 15) is 9.59 Å². The molecular weight excluding hydrogens is 262 g/mol. The molecule has 0 saturated carbocycles. The molecule has 0 aromatic rings. The summed E-state index contributed by atoms with van der Waals surface area (Å²) < 4.78 is 15.4. The summed E-state index contributed by atoms with van der Waals surface area (Å²) in [4.78, 5) is 26.0. The van der Waals surface area contributed by atoms with E-state index in [0.29, 0.717) is 26.0 Å². The smallest absolute Gasteiger partial charge is 0.411 e. The van der Waals surface area contributed by atoms with E-state index < -0.39 is 23.2 Å². The lowest BCUT2D eigenvalue weighted by Gasteiger charge is -2.36. The standard InChI is InChI=1S/C14H25NO5/c1-13(2,3)20-12(17)15-9-6-7-14(15,8-10-18-4)11(16)19-5/h6-10H2,1-5H3. The van der Waals surface area contributed by atoms with Crippen molar-refractivity contribution in [2.24, 2.45) is 0 Å². The van der Waals surface area contributed by atoms with Crippen LogP contribution in [0.25, 0.3) is 0 Å². The molecule has 1 atom stereocenters. The normalized spacial score (nSPS) is 22.8. The largest absolute Gasteiger partial charge is 0.467 e. The molecule has 1 amide bonds. The number of ether oxygens (including phenoxy) is 3. The monoisotopic (exact) mass is 287 g/mol. The third-order valence-corrected chi connectivity index (χ3v) is 3.39. The van der Waals surface area contributed by atoms with Crippen LogP contribution in [-0.2, 0) is 19.0 Å². The Balaban J connectivity index is 2.96. The zero-order chi connectivity index (χ0) is 15.4. The molecule has 1 rings (SSSR count). The van der Waals surface area contributed by atoms with Gasteiger partial charge in [-0.3, -0.25) is 4.90 Å². The molecule has 1 fully saturated rings. The van der Waals surface area contributed by atoms with Gasteiger partial charge >= 0.3 is 12.1 Å². The first kappa shape index (κ1) is 16.8. The van der Waals surface area contributed by atoms with E-state index in [1.54, 1.807) is 27.9 Å². The zero-order valence-corrected chi connectivity index (χ0v) is 13.0. The Bertz CT molecular complexity index is 363. The van der Waals surface area contributed by atoms with Gasteiger partial charge in [-0.15, -0.1) is 0 Å². The van der Waals surface area contributed by atoms with Crippen molar-refractivity contribution in [3.05, 3.63) is 0 Å². The van der Waals surface area contributed by atoms with Crippen LogP contribution in [0.2, 0.25) is 0 Å². The van der Waals surface area contributed by atoms with Crippen LogP contribution in [-0.4, -0.2) is 55.5 Å². The van der Waals surface area contributed by atoms with Crippen molar-refractivity contribution in [3.63, 3.8) is 0 Å². The van der Waals surface area contributed by atoms with Crippen molar-refractivity contribution in [1.29, 1.82) is 0 Å². The number of esters is 1. The van der Waals surface area contributed by atoms with Gasteiger partial charge in [-0.05, 0) is 33.6 Å². The molecule has 0 radical (unpaired) electrons. The van der Waals surface area contributed by atoms with Gasteiger partial charge in [-0.1, -0.05) is 0 Å². The van der Waals surface area contributed by atoms with Crippen LogP contribution in [0.1, 0.15) is 40.0 Å². The number of nitrogens with zero attached hydrogens (tertiary/aromatic N) is 1. The van der Waals surface area contributed by atoms with Gasteiger partial charge in [0.1, 0.15) is 11.1 Å². The molecule has 0 bridgehead atoms. The lowest BCUT2D eigenvalue weighted by atomic mass is 9.92. The molecular formula is C14H25NO5. The van der Waals surface area contributed by atoms with E-state index in [0.717, 1.165) is 6.42 Å². The summed E-state index contributed by atoms with van der Waals surface area (Å²) in [5.41, 5.74) is -1.56. The molecule has 116 valence electrons. The van der Waals surface area contributed by atoms with E-state index >= 15 is 0 Å². The number of likely N-dealkylation sites (tertiary alicyclic amines) is 1. The Hall–Kier alpha value is -1.30. The van der Waals surface area contributed by atoms with Gasteiger partial charge in [0.05, 0.1) is 7.11 Å². The summed E-state index contributed by atoms with van der Waals surface area (Å²) in [5, 5.41) is 0. The van der Waals surface area contributed by atoms with Crippen LogP contribution in [0.4, 0.5) is 4.79 Å². The fourth-order valence-corrected chi connectivity index (χ4v) is 2.50. The van der Waals surface area contributed by atoms with Gasteiger partial charge < -0.3 is 14.2 Å². The van der Waals surface area contributed by atoms with Crippen molar-refractivity contribution < 1.29 is 23.8 Å². The molecule has 0 N–H and O–H groups in total. The number of carbonyl (C=O) groups is 2. The number of hydrogen-bond donors (Lipinski definition) is 0. The van der Waals surface area contributed by atoms with E-state index in [1.807, 2.05) is 0 Å². The van der Waals surface area contributed by atoms with Crippen molar-refractivity contribution in [1.82, 2.24) is 4.90 Å². The SMILES string of the molecule is COCCC1(C(=O)OC)CCCN1C(=O)OC(C)(C)C. The lowest BCUT2D eigenvalue weighted by molar-refractivity contribution is -0.154. The summed E-state index contributed by atoms with van der Waals surface area (Å²) in [6.07, 6.45) is 1.26. The van der Waals surface area contributed by atoms with Crippen LogP contribution in [0, 0.1) is 0 Å². The van der Waals surface area contributed by atoms with Crippen molar-refractivity contribution in [3.8, 4) is 0 Å². The first-order valence-corrected chi connectivity index (χ1v) is 6.85. The van der Waals surface area contributed by atoms with Gasteiger partial charge in [0.25, 0.3) is 0 Å². The fraction of sp³-hybridized carbons (Fsp3) is 0.857. The number of methoxy groups -OCH3 is 2. The minimum absolute atomic E-state index is 0.383. The van der Waals surface area contributed by atoms with Crippen molar-refractivity contribution in [2.45, 2.75) is 51.2 Å². The molecule has 0 aliphatic carbocycles. The third kappa shape index (κ3) is 3.62. The second kappa shape index (κ2) is 6.43. The average Bonchev–Trinajstić information content (AvgIpc) is 2.78. The molecule has 1 aliphatic rings. The lowest BCUT2D eigenvalue weighted by Crippen LogP contribution is -2.55. The maximum atomic E-state index is 12.3. The number of rotatable bonds is 4. The highest BCUT2D eigenvalue weighted by molar-refractivity contribution is 5.86. The van der Waals surface area contributed by atoms with Crippen LogP contribution in [0.15, 0.2) is 0 Å². The second-order valence-corrected chi connectivity index (χ2v) is 6.00. The minimum atomic E-state index is -0.965. The predicted molar refractivity (Wildman–Crippen MR) is 73.4 cm³/mol. The second-order valence-electron chi connectivity index (χ2n) is 6.00. The third-order valence-electron chi connectivity index (χ3n) is 3.39. The summed E-state index contributed by atoms with van der Waals surface area (Å²) >= 11 is 0. The highest BCUT2D eigenvalue weighted by atomic mass is 16.6. The highest BCUT2D eigenvalue weighted by Crippen LogP contribution is 2.35. The summed E-state index contributed by atoms with van der Waals surface area (Å²) in [6, 6.07) is 0. The van der Waals surface area contributed by atoms with E-state index in [2.05, 4.69) is 0 Å². The molecule has 0 aromatic carbocycles.